The van der Waals surface area contributed by atoms with Crippen molar-refractivity contribution in [3.05, 3.63) is 29.5 Å². The van der Waals surface area contributed by atoms with Crippen molar-refractivity contribution >= 4 is 16.7 Å². The third kappa shape index (κ3) is 1.47. The SMILES string of the molecule is Cc1[nH]c2c(O)cccc2c1C(=O)C(C)N. The summed E-state index contributed by atoms with van der Waals surface area (Å²) in [5.41, 5.74) is 7.49. The molecule has 0 aliphatic carbocycles. The van der Waals surface area contributed by atoms with E-state index < -0.39 is 6.04 Å². The van der Waals surface area contributed by atoms with Crippen molar-refractivity contribution in [3.63, 3.8) is 0 Å². The molecule has 4 N–H and O–H groups in total. The monoisotopic (exact) mass is 218 g/mol. The number of nitrogens with one attached hydrogen (secondary N) is 1. The van der Waals surface area contributed by atoms with E-state index in [0.717, 1.165) is 11.1 Å². The molecule has 0 saturated carbocycles. The van der Waals surface area contributed by atoms with Crippen LogP contribution in [0.25, 0.3) is 10.9 Å². The summed E-state index contributed by atoms with van der Waals surface area (Å²) >= 11 is 0. The smallest absolute Gasteiger partial charge is 0.181 e. The van der Waals surface area contributed by atoms with Crippen LogP contribution in [0.1, 0.15) is 23.0 Å². The highest BCUT2D eigenvalue weighted by molar-refractivity contribution is 6.12. The lowest BCUT2D eigenvalue weighted by atomic mass is 10.0. The first-order valence-electron chi connectivity index (χ1n) is 5.12. The fourth-order valence-corrected chi connectivity index (χ4v) is 1.88. The minimum absolute atomic E-state index is 0.116. The number of para-hydroxylation sites is 1. The fraction of sp³-hybridized carbons (Fsp3) is 0.250. The van der Waals surface area contributed by atoms with E-state index in [9.17, 15) is 9.90 Å². The number of carbonyl (C=O) groups excluding carboxylic acids is 1. The first kappa shape index (κ1) is 10.7. The maximum atomic E-state index is 11.9. The summed E-state index contributed by atoms with van der Waals surface area (Å²) in [6, 6.07) is 4.55. The summed E-state index contributed by atoms with van der Waals surface area (Å²) < 4.78 is 0. The Morgan fingerprint density at radius 3 is 2.81 bits per heavy atom. The van der Waals surface area contributed by atoms with Crippen molar-refractivity contribution < 1.29 is 9.90 Å². The molecule has 1 atom stereocenters. The Balaban J connectivity index is 2.75. The molecule has 0 fully saturated rings. The quantitative estimate of drug-likeness (QED) is 0.671. The van der Waals surface area contributed by atoms with Crippen LogP contribution in [0.4, 0.5) is 0 Å². The molecule has 2 rings (SSSR count). The maximum Gasteiger partial charge on any atom is 0.181 e. The lowest BCUT2D eigenvalue weighted by Gasteiger charge is -2.04. The number of hydrogen-bond donors (Lipinski definition) is 3. The number of fused-ring (bicyclic) bond motifs is 1. The molecule has 0 aliphatic rings. The number of hydrogen-bond acceptors (Lipinski definition) is 3. The third-order valence-electron chi connectivity index (χ3n) is 2.66. The van der Waals surface area contributed by atoms with E-state index in [1.165, 1.54) is 0 Å². The molecule has 2 aromatic rings. The Morgan fingerprint density at radius 2 is 2.19 bits per heavy atom. The van der Waals surface area contributed by atoms with Gasteiger partial charge in [-0.25, -0.2) is 0 Å². The van der Waals surface area contributed by atoms with E-state index in [2.05, 4.69) is 4.98 Å². The van der Waals surface area contributed by atoms with Crippen LogP contribution in [0.2, 0.25) is 0 Å². The Kier molecular flexibility index (Phi) is 2.44. The van der Waals surface area contributed by atoms with E-state index in [1.807, 2.05) is 0 Å². The number of aromatic hydroxyl groups is 1. The molecule has 0 aliphatic heterocycles. The maximum absolute atomic E-state index is 11.9. The summed E-state index contributed by atoms with van der Waals surface area (Å²) in [5.74, 6) is 0.0266. The number of H-pyrrole nitrogens is 1. The van der Waals surface area contributed by atoms with E-state index in [1.54, 1.807) is 32.0 Å². The predicted molar refractivity (Wildman–Crippen MR) is 62.7 cm³/mol. The van der Waals surface area contributed by atoms with Gasteiger partial charge in [0.25, 0.3) is 0 Å². The van der Waals surface area contributed by atoms with Crippen molar-refractivity contribution in [3.8, 4) is 5.75 Å². The van der Waals surface area contributed by atoms with Gasteiger partial charge in [-0.2, -0.15) is 0 Å². The summed E-state index contributed by atoms with van der Waals surface area (Å²) in [6.45, 7) is 3.46. The molecule has 1 heterocycles. The molecule has 4 heteroatoms. The van der Waals surface area contributed by atoms with Crippen LogP contribution >= 0.6 is 0 Å². The lowest BCUT2D eigenvalue weighted by molar-refractivity contribution is 0.0969. The van der Waals surface area contributed by atoms with Gasteiger partial charge in [0.1, 0.15) is 5.75 Å². The van der Waals surface area contributed by atoms with Crippen LogP contribution in [0.5, 0.6) is 5.75 Å². The Labute approximate surface area is 93.1 Å². The molecular weight excluding hydrogens is 204 g/mol. The third-order valence-corrected chi connectivity index (χ3v) is 2.66. The number of rotatable bonds is 2. The van der Waals surface area contributed by atoms with Crippen LogP contribution in [-0.2, 0) is 0 Å². The molecule has 0 bridgehead atoms. The molecule has 16 heavy (non-hydrogen) atoms. The van der Waals surface area contributed by atoms with Crippen molar-refractivity contribution in [2.24, 2.45) is 5.73 Å². The number of phenols is 1. The molecular formula is C12H14N2O2. The number of aromatic nitrogens is 1. The van der Waals surface area contributed by atoms with E-state index in [0.29, 0.717) is 11.1 Å². The van der Waals surface area contributed by atoms with Crippen LogP contribution in [0.15, 0.2) is 18.2 Å². The standard InChI is InChI=1S/C12H14N2O2/c1-6(13)12(16)10-7(2)14-11-8(10)4-3-5-9(11)15/h3-6,14-15H,13H2,1-2H3. The van der Waals surface area contributed by atoms with Crippen LogP contribution in [-0.4, -0.2) is 21.9 Å². The van der Waals surface area contributed by atoms with Crippen molar-refractivity contribution in [1.29, 1.82) is 0 Å². The van der Waals surface area contributed by atoms with Gasteiger partial charge in [-0.1, -0.05) is 12.1 Å². The second-order valence-electron chi connectivity index (χ2n) is 3.98. The number of phenolic OH excluding ortho intramolecular Hbond substituents is 1. The Morgan fingerprint density at radius 1 is 1.50 bits per heavy atom. The number of nitrogens with two attached hydrogens (primary N) is 1. The fourth-order valence-electron chi connectivity index (χ4n) is 1.88. The van der Waals surface area contributed by atoms with Crippen molar-refractivity contribution in [2.75, 3.05) is 0 Å². The number of benzene rings is 1. The van der Waals surface area contributed by atoms with Crippen LogP contribution in [0.3, 0.4) is 0 Å². The number of aryl methyl sites for hydroxylation is 1. The zero-order valence-corrected chi connectivity index (χ0v) is 9.24. The van der Waals surface area contributed by atoms with Crippen LogP contribution in [0, 0.1) is 6.92 Å². The second-order valence-corrected chi connectivity index (χ2v) is 3.98. The minimum atomic E-state index is -0.542. The molecule has 1 aromatic heterocycles. The Hall–Kier alpha value is -1.81. The molecule has 0 saturated heterocycles. The molecule has 0 radical (unpaired) electrons. The molecule has 84 valence electrons. The minimum Gasteiger partial charge on any atom is -0.506 e. The normalized spacial score (nSPS) is 12.9. The second kappa shape index (κ2) is 3.64. The van der Waals surface area contributed by atoms with Gasteiger partial charge in [0.15, 0.2) is 5.78 Å². The topological polar surface area (TPSA) is 79.1 Å². The van der Waals surface area contributed by atoms with Gasteiger partial charge in [-0.05, 0) is 19.9 Å². The number of ketones is 1. The van der Waals surface area contributed by atoms with Gasteiger partial charge in [-0.3, -0.25) is 4.79 Å². The summed E-state index contributed by atoms with van der Waals surface area (Å²) in [7, 11) is 0. The van der Waals surface area contributed by atoms with Gasteiger partial charge < -0.3 is 15.8 Å². The molecule has 0 amide bonds. The van der Waals surface area contributed by atoms with Gasteiger partial charge in [0.05, 0.1) is 11.6 Å². The van der Waals surface area contributed by atoms with E-state index in [4.69, 9.17) is 5.73 Å². The van der Waals surface area contributed by atoms with Gasteiger partial charge in [0.2, 0.25) is 0 Å². The number of carbonyl (C=O) groups is 1. The van der Waals surface area contributed by atoms with Gasteiger partial charge in [0, 0.05) is 16.6 Å². The first-order chi connectivity index (χ1) is 7.52. The van der Waals surface area contributed by atoms with E-state index in [-0.39, 0.29) is 11.5 Å². The number of aromatic amines is 1. The summed E-state index contributed by atoms with van der Waals surface area (Å²) in [6.07, 6.45) is 0. The highest BCUT2D eigenvalue weighted by Crippen LogP contribution is 2.29. The molecule has 1 aromatic carbocycles. The molecule has 0 spiro atoms. The van der Waals surface area contributed by atoms with Gasteiger partial charge >= 0.3 is 0 Å². The highest BCUT2D eigenvalue weighted by atomic mass is 16.3. The predicted octanol–water partition coefficient (Wildman–Crippen LogP) is 1.71. The van der Waals surface area contributed by atoms with E-state index >= 15 is 0 Å². The average Bonchev–Trinajstić information content (AvgIpc) is 2.55. The van der Waals surface area contributed by atoms with Crippen LogP contribution < -0.4 is 5.73 Å². The highest BCUT2D eigenvalue weighted by Gasteiger charge is 2.19. The largest absolute Gasteiger partial charge is 0.506 e. The first-order valence-corrected chi connectivity index (χ1v) is 5.12. The molecule has 4 nitrogen and oxygen atoms in total. The van der Waals surface area contributed by atoms with Gasteiger partial charge in [-0.15, -0.1) is 0 Å². The summed E-state index contributed by atoms with van der Waals surface area (Å²) in [5, 5.41) is 10.4. The summed E-state index contributed by atoms with van der Waals surface area (Å²) in [4.78, 5) is 14.9. The lowest BCUT2D eigenvalue weighted by Crippen LogP contribution is -2.27. The van der Waals surface area contributed by atoms with Crippen molar-refractivity contribution in [1.82, 2.24) is 4.98 Å². The Bertz CT molecular complexity index is 555. The van der Waals surface area contributed by atoms with Crippen molar-refractivity contribution in [2.45, 2.75) is 19.9 Å². The average molecular weight is 218 g/mol. The molecule has 1 unspecified atom stereocenters. The zero-order valence-electron chi connectivity index (χ0n) is 9.24. The number of Topliss-reactive ketones (excluding diaryl/α,β-unsaturated/α-hetero) is 1. The zero-order chi connectivity index (χ0) is 11.9.